The minimum atomic E-state index is -3.62. The molecule has 0 spiro atoms. The van der Waals surface area contributed by atoms with Gasteiger partial charge in [-0.2, -0.15) is 0 Å². The highest BCUT2D eigenvalue weighted by Gasteiger charge is 2.58. The van der Waals surface area contributed by atoms with Gasteiger partial charge in [0.15, 0.2) is 5.16 Å². The first kappa shape index (κ1) is 36.3. The molecule has 10 nitrogen and oxygen atoms in total. The van der Waals surface area contributed by atoms with Crippen molar-refractivity contribution in [2.45, 2.75) is 90.6 Å². The summed E-state index contributed by atoms with van der Waals surface area (Å²) in [7, 11) is -3.62. The minimum absolute atomic E-state index is 0.0462. The Morgan fingerprint density at radius 2 is 1.49 bits per heavy atom. The minimum Gasteiger partial charge on any atom is -0.480 e. The van der Waals surface area contributed by atoms with Gasteiger partial charge in [-0.1, -0.05) is 54.6 Å². The Labute approximate surface area is 267 Å². The maximum atomic E-state index is 14.3. The van der Waals surface area contributed by atoms with Gasteiger partial charge >= 0.3 is 18.2 Å². The van der Waals surface area contributed by atoms with Gasteiger partial charge in [-0.15, -0.1) is 0 Å². The lowest BCUT2D eigenvalue weighted by atomic mass is 9.97. The van der Waals surface area contributed by atoms with Crippen LogP contribution in [0.2, 0.25) is 0 Å². The van der Waals surface area contributed by atoms with E-state index >= 15 is 0 Å². The molecule has 2 amide bonds. The molecule has 0 bridgehead atoms. The van der Waals surface area contributed by atoms with E-state index in [-0.39, 0.29) is 45.1 Å². The smallest absolute Gasteiger partial charge is 0.419 e. The number of ether oxygens (including phenoxy) is 2. The van der Waals surface area contributed by atoms with E-state index in [1.165, 1.54) is 0 Å². The molecule has 2 aromatic rings. The van der Waals surface area contributed by atoms with Crippen LogP contribution in [0.3, 0.4) is 0 Å². The van der Waals surface area contributed by atoms with Gasteiger partial charge in [0.25, 0.3) is 0 Å². The Kier molecular flexibility index (Phi) is 12.0. The van der Waals surface area contributed by atoms with Gasteiger partial charge in [0.05, 0.1) is 6.61 Å². The van der Waals surface area contributed by atoms with Crippen LogP contribution >= 0.6 is 7.37 Å². The maximum absolute atomic E-state index is 14.3. The second kappa shape index (κ2) is 14.9. The summed E-state index contributed by atoms with van der Waals surface area (Å²) in [5.41, 5.74) is 1.50. The first-order chi connectivity index (χ1) is 21.0. The lowest BCUT2D eigenvalue weighted by molar-refractivity contribution is -0.141. The molecule has 0 saturated carbocycles. The van der Waals surface area contributed by atoms with Gasteiger partial charge in [-0.3, -0.25) is 14.3 Å². The topological polar surface area (TPSA) is 123 Å². The van der Waals surface area contributed by atoms with E-state index in [1.54, 1.807) is 48.5 Å². The van der Waals surface area contributed by atoms with Crippen molar-refractivity contribution >= 4 is 25.5 Å². The van der Waals surface area contributed by atoms with Crippen molar-refractivity contribution in [2.24, 2.45) is 0 Å². The SMILES string of the molecule is CCOP1(=O)CCN(Cc2ccccc2-c2ccccc2)C[C@@]1(CCCCN(C(=O)OC(C)(C)C)C(=O)OC(C)(C)C)C(=O)O. The molecule has 0 aromatic heterocycles. The largest absolute Gasteiger partial charge is 0.480 e. The van der Waals surface area contributed by atoms with Crippen LogP contribution in [0, 0.1) is 0 Å². The molecule has 248 valence electrons. The van der Waals surface area contributed by atoms with E-state index in [4.69, 9.17) is 14.0 Å². The zero-order valence-corrected chi connectivity index (χ0v) is 28.6. The number of carbonyl (C=O) groups is 3. The number of amides is 2. The van der Waals surface area contributed by atoms with Gasteiger partial charge in [-0.25, -0.2) is 14.5 Å². The standard InChI is InChI=1S/C34H49N2O8P/c1-8-42-45(41)23-22-35(24-27-18-12-13-19-28(27)26-16-10-9-11-17-26)25-34(45,29(37)38)20-14-15-21-36(30(39)43-32(2,3)4)31(40)44-33(5,6)7/h9-13,16-19H,8,14-15,20-25H2,1-7H3,(H,37,38)/t34-,45?/m0/s1. The Hall–Kier alpha value is -3.20. The van der Waals surface area contributed by atoms with Crippen LogP contribution in [-0.4, -0.2) is 81.8 Å². The molecule has 0 aliphatic carbocycles. The highest BCUT2D eigenvalue weighted by Crippen LogP contribution is 2.63. The quantitative estimate of drug-likeness (QED) is 0.194. The van der Waals surface area contributed by atoms with Gasteiger partial charge in [0.2, 0.25) is 7.37 Å². The Morgan fingerprint density at radius 1 is 0.911 bits per heavy atom. The van der Waals surface area contributed by atoms with Crippen LogP contribution in [0.25, 0.3) is 11.1 Å². The fourth-order valence-electron chi connectivity index (χ4n) is 5.52. The van der Waals surface area contributed by atoms with Crippen molar-refractivity contribution in [1.29, 1.82) is 0 Å². The third-order valence-corrected chi connectivity index (χ3v) is 10.9. The van der Waals surface area contributed by atoms with Crippen LogP contribution in [0.15, 0.2) is 54.6 Å². The molecule has 45 heavy (non-hydrogen) atoms. The van der Waals surface area contributed by atoms with E-state index in [9.17, 15) is 24.1 Å². The van der Waals surface area contributed by atoms with Gasteiger partial charge < -0.3 is 19.1 Å². The van der Waals surface area contributed by atoms with Crippen molar-refractivity contribution in [1.82, 2.24) is 9.80 Å². The van der Waals surface area contributed by atoms with Crippen molar-refractivity contribution in [2.75, 3.05) is 32.4 Å². The summed E-state index contributed by atoms with van der Waals surface area (Å²) in [6.07, 6.45) is -0.984. The first-order valence-electron chi connectivity index (χ1n) is 15.6. The number of rotatable bonds is 11. The number of imide groups is 1. The first-order valence-corrected chi connectivity index (χ1v) is 17.4. The number of carboxylic acid groups (broad SMARTS) is 1. The summed E-state index contributed by atoms with van der Waals surface area (Å²) in [4.78, 5) is 41.9. The molecular formula is C34H49N2O8P. The van der Waals surface area contributed by atoms with Crippen molar-refractivity contribution in [3.05, 3.63) is 60.2 Å². The van der Waals surface area contributed by atoms with Crippen molar-refractivity contribution in [3.8, 4) is 11.1 Å². The molecule has 1 aliphatic heterocycles. The van der Waals surface area contributed by atoms with E-state index in [1.807, 2.05) is 59.5 Å². The molecule has 1 fully saturated rings. The number of hydrogen-bond acceptors (Lipinski definition) is 8. The second-order valence-corrected chi connectivity index (χ2v) is 16.4. The Morgan fingerprint density at radius 3 is 2.04 bits per heavy atom. The molecule has 1 unspecified atom stereocenters. The summed E-state index contributed by atoms with van der Waals surface area (Å²) in [6, 6.07) is 18.0. The van der Waals surface area contributed by atoms with Crippen LogP contribution in [0.5, 0.6) is 0 Å². The summed E-state index contributed by atoms with van der Waals surface area (Å²) in [5.74, 6) is -1.17. The molecule has 3 rings (SSSR count). The lowest BCUT2D eigenvalue weighted by Gasteiger charge is -2.45. The number of carbonyl (C=O) groups excluding carboxylic acids is 2. The summed E-state index contributed by atoms with van der Waals surface area (Å²) < 4.78 is 31.0. The highest BCUT2D eigenvalue weighted by molar-refractivity contribution is 7.62. The predicted octanol–water partition coefficient (Wildman–Crippen LogP) is 7.65. The molecule has 2 aromatic carbocycles. The van der Waals surface area contributed by atoms with Gasteiger partial charge in [-0.05, 0) is 84.4 Å². The fraction of sp³-hybridized carbons (Fsp3) is 0.559. The molecule has 11 heteroatoms. The summed E-state index contributed by atoms with van der Waals surface area (Å²) in [5, 5.41) is 9.02. The summed E-state index contributed by atoms with van der Waals surface area (Å²) >= 11 is 0. The fourth-order valence-corrected chi connectivity index (χ4v) is 8.50. The molecule has 1 aliphatic rings. The second-order valence-electron chi connectivity index (χ2n) is 13.5. The van der Waals surface area contributed by atoms with E-state index in [0.29, 0.717) is 13.1 Å². The number of aliphatic carboxylic acids is 1. The number of unbranched alkanes of at least 4 members (excludes halogenated alkanes) is 1. The zero-order valence-electron chi connectivity index (χ0n) is 27.7. The predicted molar refractivity (Wildman–Crippen MR) is 175 cm³/mol. The van der Waals surface area contributed by atoms with Gasteiger partial charge in [0, 0.05) is 32.3 Å². The number of benzene rings is 2. The average molecular weight is 645 g/mol. The lowest BCUT2D eigenvalue weighted by Crippen LogP contribution is -2.54. The number of nitrogens with zero attached hydrogens (tertiary/aromatic N) is 2. The third kappa shape index (κ3) is 9.65. The van der Waals surface area contributed by atoms with E-state index in [0.717, 1.165) is 21.6 Å². The van der Waals surface area contributed by atoms with E-state index in [2.05, 4.69) is 0 Å². The monoisotopic (exact) mass is 644 g/mol. The molecule has 1 saturated heterocycles. The highest BCUT2D eigenvalue weighted by atomic mass is 31.2. The molecule has 2 atom stereocenters. The molecule has 0 radical (unpaired) electrons. The average Bonchev–Trinajstić information content (AvgIpc) is 2.93. The van der Waals surface area contributed by atoms with Crippen LogP contribution < -0.4 is 0 Å². The third-order valence-electron chi connectivity index (χ3n) is 7.53. The maximum Gasteiger partial charge on any atom is 0.419 e. The van der Waals surface area contributed by atoms with Crippen LogP contribution in [0.1, 0.15) is 73.3 Å². The molecular weight excluding hydrogens is 595 g/mol. The number of hydrogen-bond donors (Lipinski definition) is 1. The van der Waals surface area contributed by atoms with Gasteiger partial charge in [0.1, 0.15) is 11.2 Å². The van der Waals surface area contributed by atoms with Crippen molar-refractivity contribution in [3.63, 3.8) is 0 Å². The zero-order chi connectivity index (χ0) is 33.5. The van der Waals surface area contributed by atoms with E-state index < -0.39 is 41.9 Å². The Balaban J connectivity index is 1.82. The Bertz CT molecular complexity index is 1340. The van der Waals surface area contributed by atoms with Crippen LogP contribution in [-0.2, 0) is 29.9 Å². The van der Waals surface area contributed by atoms with Crippen molar-refractivity contribution < 1.29 is 38.1 Å². The van der Waals surface area contributed by atoms with Crippen LogP contribution in [0.4, 0.5) is 9.59 Å². The number of carboxylic acids is 1. The molecule has 1 heterocycles. The summed E-state index contributed by atoms with van der Waals surface area (Å²) in [6.45, 7) is 13.0. The normalized spacial score (nSPS) is 20.8. The molecule has 1 N–H and O–H groups in total.